The molecule has 3 rings (SSSR count). The van der Waals surface area contributed by atoms with Gasteiger partial charge in [0.05, 0.1) is 5.52 Å². The fraction of sp³-hybridized carbons (Fsp3) is 0.125. The SMILES string of the molecule is C[C@H](Nc1nc(Cl)nc2ccccc12)c1ccccc1. The molecule has 1 heterocycles. The number of nitrogens with zero attached hydrogens (tertiary/aromatic N) is 2. The Hall–Kier alpha value is -2.13. The van der Waals surface area contributed by atoms with E-state index in [-0.39, 0.29) is 11.3 Å². The average Bonchev–Trinajstić information content (AvgIpc) is 2.48. The maximum absolute atomic E-state index is 5.99. The molecule has 20 heavy (non-hydrogen) atoms. The molecule has 4 heteroatoms. The molecule has 0 amide bonds. The van der Waals surface area contributed by atoms with E-state index in [0.29, 0.717) is 0 Å². The summed E-state index contributed by atoms with van der Waals surface area (Å²) in [4.78, 5) is 8.54. The van der Waals surface area contributed by atoms with E-state index in [1.165, 1.54) is 5.56 Å². The Labute approximate surface area is 122 Å². The number of hydrogen-bond acceptors (Lipinski definition) is 3. The zero-order valence-corrected chi connectivity index (χ0v) is 11.8. The first-order valence-electron chi connectivity index (χ1n) is 6.48. The number of para-hydroxylation sites is 1. The second-order valence-electron chi connectivity index (χ2n) is 4.64. The molecule has 0 aliphatic rings. The van der Waals surface area contributed by atoms with Crippen LogP contribution in [0.3, 0.4) is 0 Å². The minimum Gasteiger partial charge on any atom is -0.363 e. The summed E-state index contributed by atoms with van der Waals surface area (Å²) in [6.07, 6.45) is 0. The molecule has 0 aliphatic carbocycles. The second kappa shape index (κ2) is 5.47. The largest absolute Gasteiger partial charge is 0.363 e. The van der Waals surface area contributed by atoms with Gasteiger partial charge in [0, 0.05) is 11.4 Å². The summed E-state index contributed by atoms with van der Waals surface area (Å²) in [5.41, 5.74) is 2.04. The van der Waals surface area contributed by atoms with Crippen LogP contribution in [0.4, 0.5) is 5.82 Å². The number of anilines is 1. The molecule has 3 nitrogen and oxygen atoms in total. The first-order chi connectivity index (χ1) is 9.74. The van der Waals surface area contributed by atoms with Crippen molar-refractivity contribution < 1.29 is 0 Å². The molecule has 0 saturated heterocycles. The van der Waals surface area contributed by atoms with Crippen molar-refractivity contribution in [3.63, 3.8) is 0 Å². The highest BCUT2D eigenvalue weighted by Gasteiger charge is 2.10. The van der Waals surface area contributed by atoms with Gasteiger partial charge in [-0.15, -0.1) is 0 Å². The summed E-state index contributed by atoms with van der Waals surface area (Å²) < 4.78 is 0. The zero-order valence-electron chi connectivity index (χ0n) is 11.0. The van der Waals surface area contributed by atoms with Gasteiger partial charge >= 0.3 is 0 Å². The molecular formula is C16H14ClN3. The van der Waals surface area contributed by atoms with Crippen LogP contribution < -0.4 is 5.32 Å². The standard InChI is InChI=1S/C16H14ClN3/c1-11(12-7-3-2-4-8-12)18-15-13-9-5-6-10-14(13)19-16(17)20-15/h2-11H,1H3,(H,18,19,20)/t11-/m0/s1. The van der Waals surface area contributed by atoms with E-state index in [9.17, 15) is 0 Å². The maximum Gasteiger partial charge on any atom is 0.224 e. The average molecular weight is 284 g/mol. The number of fused-ring (bicyclic) bond motifs is 1. The van der Waals surface area contributed by atoms with Gasteiger partial charge in [-0.1, -0.05) is 42.5 Å². The summed E-state index contributed by atoms with van der Waals surface area (Å²) in [5, 5.41) is 4.63. The smallest absolute Gasteiger partial charge is 0.224 e. The predicted octanol–water partition coefficient (Wildman–Crippen LogP) is 4.46. The van der Waals surface area contributed by atoms with Gasteiger partial charge in [-0.25, -0.2) is 9.97 Å². The Bertz CT molecular complexity index is 728. The van der Waals surface area contributed by atoms with Crippen LogP contribution in [0.1, 0.15) is 18.5 Å². The molecule has 100 valence electrons. The van der Waals surface area contributed by atoms with Crippen molar-refractivity contribution >= 4 is 28.3 Å². The molecule has 0 saturated carbocycles. The van der Waals surface area contributed by atoms with E-state index in [2.05, 4.69) is 34.3 Å². The fourth-order valence-corrected chi connectivity index (χ4v) is 2.36. The van der Waals surface area contributed by atoms with Crippen LogP contribution in [0.15, 0.2) is 54.6 Å². The molecule has 0 aliphatic heterocycles. The van der Waals surface area contributed by atoms with Gasteiger partial charge in [0.15, 0.2) is 0 Å². The number of benzene rings is 2. The normalized spacial score (nSPS) is 12.3. The van der Waals surface area contributed by atoms with E-state index in [1.807, 2.05) is 42.5 Å². The highest BCUT2D eigenvalue weighted by molar-refractivity contribution is 6.28. The third kappa shape index (κ3) is 2.58. The Balaban J connectivity index is 1.98. The number of halogens is 1. The molecule has 0 fully saturated rings. The van der Waals surface area contributed by atoms with Gasteiger partial charge < -0.3 is 5.32 Å². The molecule has 0 spiro atoms. The van der Waals surface area contributed by atoms with Crippen molar-refractivity contribution in [2.75, 3.05) is 5.32 Å². The van der Waals surface area contributed by atoms with Gasteiger partial charge in [0.2, 0.25) is 5.28 Å². The number of aromatic nitrogens is 2. The lowest BCUT2D eigenvalue weighted by atomic mass is 10.1. The molecule has 0 bridgehead atoms. The van der Waals surface area contributed by atoms with Crippen molar-refractivity contribution in [2.24, 2.45) is 0 Å². The second-order valence-corrected chi connectivity index (χ2v) is 4.97. The van der Waals surface area contributed by atoms with Gasteiger partial charge in [0.1, 0.15) is 5.82 Å². The van der Waals surface area contributed by atoms with Crippen molar-refractivity contribution in [3.05, 3.63) is 65.4 Å². The third-order valence-corrected chi connectivity index (χ3v) is 3.40. The minimum absolute atomic E-state index is 0.144. The summed E-state index contributed by atoms with van der Waals surface area (Å²) >= 11 is 5.99. The van der Waals surface area contributed by atoms with Crippen LogP contribution in [-0.2, 0) is 0 Å². The highest BCUT2D eigenvalue weighted by Crippen LogP contribution is 2.25. The lowest BCUT2D eigenvalue weighted by Gasteiger charge is -2.16. The first-order valence-corrected chi connectivity index (χ1v) is 6.85. The van der Waals surface area contributed by atoms with Crippen molar-refractivity contribution in [1.29, 1.82) is 0 Å². The summed E-state index contributed by atoms with van der Waals surface area (Å²) in [6.45, 7) is 2.10. The van der Waals surface area contributed by atoms with Crippen LogP contribution in [0.5, 0.6) is 0 Å². The molecule has 1 atom stereocenters. The number of nitrogens with one attached hydrogen (secondary N) is 1. The van der Waals surface area contributed by atoms with E-state index in [1.54, 1.807) is 0 Å². The van der Waals surface area contributed by atoms with Crippen molar-refractivity contribution in [2.45, 2.75) is 13.0 Å². The maximum atomic E-state index is 5.99. The molecule has 1 N–H and O–H groups in total. The van der Waals surface area contributed by atoms with E-state index >= 15 is 0 Å². The fourth-order valence-electron chi connectivity index (χ4n) is 2.19. The van der Waals surface area contributed by atoms with Crippen LogP contribution in [-0.4, -0.2) is 9.97 Å². The Morgan fingerprint density at radius 2 is 1.65 bits per heavy atom. The quantitative estimate of drug-likeness (QED) is 0.721. The molecule has 3 aromatic rings. The summed E-state index contributed by atoms with van der Waals surface area (Å²) in [6, 6.07) is 18.2. The lowest BCUT2D eigenvalue weighted by Crippen LogP contribution is -2.08. The first kappa shape index (κ1) is 12.9. The van der Waals surface area contributed by atoms with Crippen molar-refractivity contribution in [1.82, 2.24) is 9.97 Å². The summed E-state index contributed by atoms with van der Waals surface area (Å²) in [7, 11) is 0. The predicted molar refractivity (Wildman–Crippen MR) is 83.0 cm³/mol. The number of rotatable bonds is 3. The Morgan fingerprint density at radius 3 is 2.45 bits per heavy atom. The monoisotopic (exact) mass is 283 g/mol. The molecule has 0 radical (unpaired) electrons. The van der Waals surface area contributed by atoms with Gasteiger partial charge in [0.25, 0.3) is 0 Å². The third-order valence-electron chi connectivity index (χ3n) is 3.23. The van der Waals surface area contributed by atoms with Gasteiger partial charge in [-0.05, 0) is 36.2 Å². The van der Waals surface area contributed by atoms with E-state index in [4.69, 9.17) is 11.6 Å². The van der Waals surface area contributed by atoms with E-state index < -0.39 is 0 Å². The lowest BCUT2D eigenvalue weighted by molar-refractivity contribution is 0.876. The van der Waals surface area contributed by atoms with Crippen LogP contribution in [0.25, 0.3) is 10.9 Å². The topological polar surface area (TPSA) is 37.8 Å². The van der Waals surface area contributed by atoms with Crippen LogP contribution in [0.2, 0.25) is 5.28 Å². The Morgan fingerprint density at radius 1 is 0.950 bits per heavy atom. The van der Waals surface area contributed by atoms with Crippen molar-refractivity contribution in [3.8, 4) is 0 Å². The van der Waals surface area contributed by atoms with Gasteiger partial charge in [-0.2, -0.15) is 0 Å². The summed E-state index contributed by atoms with van der Waals surface area (Å²) in [5.74, 6) is 0.761. The zero-order chi connectivity index (χ0) is 13.9. The Kier molecular flexibility index (Phi) is 3.52. The minimum atomic E-state index is 0.144. The number of hydrogen-bond donors (Lipinski definition) is 1. The highest BCUT2D eigenvalue weighted by atomic mass is 35.5. The van der Waals surface area contributed by atoms with Gasteiger partial charge in [-0.3, -0.25) is 0 Å². The van der Waals surface area contributed by atoms with Crippen LogP contribution in [0, 0.1) is 0 Å². The molecule has 1 aromatic heterocycles. The van der Waals surface area contributed by atoms with Crippen LogP contribution >= 0.6 is 11.6 Å². The molecular weight excluding hydrogens is 270 g/mol. The molecule has 0 unspecified atom stereocenters. The van der Waals surface area contributed by atoms with E-state index in [0.717, 1.165) is 16.7 Å². The molecule has 2 aromatic carbocycles.